The van der Waals surface area contributed by atoms with Crippen molar-refractivity contribution in [3.8, 4) is 17.2 Å². The van der Waals surface area contributed by atoms with Crippen LogP contribution in [-0.2, 0) is 6.42 Å². The molecule has 1 N–H and O–H groups in total. The first-order chi connectivity index (χ1) is 11.2. The van der Waals surface area contributed by atoms with Crippen LogP contribution >= 0.6 is 0 Å². The van der Waals surface area contributed by atoms with E-state index in [0.29, 0.717) is 12.4 Å². The van der Waals surface area contributed by atoms with Crippen LogP contribution in [0.4, 0.5) is 4.39 Å². The van der Waals surface area contributed by atoms with Gasteiger partial charge in [-0.05, 0) is 48.4 Å². The van der Waals surface area contributed by atoms with Crippen molar-refractivity contribution >= 4 is 0 Å². The van der Waals surface area contributed by atoms with Crippen LogP contribution < -0.4 is 19.5 Å². The molecule has 1 atom stereocenters. The van der Waals surface area contributed by atoms with Crippen LogP contribution in [0.5, 0.6) is 17.2 Å². The monoisotopic (exact) mass is 317 g/mol. The fourth-order valence-corrected chi connectivity index (χ4v) is 2.85. The number of methoxy groups -OCH3 is 2. The summed E-state index contributed by atoms with van der Waals surface area (Å²) in [6, 6.07) is 10.4. The van der Waals surface area contributed by atoms with Crippen LogP contribution in [0.25, 0.3) is 0 Å². The van der Waals surface area contributed by atoms with E-state index in [0.717, 1.165) is 24.3 Å². The lowest BCUT2D eigenvalue weighted by molar-refractivity contribution is 0.250. The second kappa shape index (κ2) is 6.87. The smallest absolute Gasteiger partial charge is 0.165 e. The van der Waals surface area contributed by atoms with Gasteiger partial charge in [0.2, 0.25) is 0 Å². The zero-order chi connectivity index (χ0) is 16.2. The Balaban J connectivity index is 1.82. The van der Waals surface area contributed by atoms with Crippen LogP contribution in [0.2, 0.25) is 0 Å². The average Bonchev–Trinajstić information content (AvgIpc) is 2.59. The molecule has 0 aliphatic carbocycles. The van der Waals surface area contributed by atoms with Gasteiger partial charge in [0.15, 0.2) is 23.1 Å². The van der Waals surface area contributed by atoms with E-state index in [9.17, 15) is 4.39 Å². The van der Waals surface area contributed by atoms with Crippen LogP contribution in [0.3, 0.4) is 0 Å². The summed E-state index contributed by atoms with van der Waals surface area (Å²) >= 11 is 0. The van der Waals surface area contributed by atoms with Crippen LogP contribution in [0, 0.1) is 5.82 Å². The second-order valence-electron chi connectivity index (χ2n) is 5.40. The number of hydrogen-bond donors (Lipinski definition) is 1. The lowest BCUT2D eigenvalue weighted by Crippen LogP contribution is -2.33. The summed E-state index contributed by atoms with van der Waals surface area (Å²) in [6.07, 6.45) is 0.909. The molecule has 0 radical (unpaired) electrons. The predicted octanol–water partition coefficient (Wildman–Crippen LogP) is 3.11. The molecule has 0 saturated heterocycles. The van der Waals surface area contributed by atoms with Gasteiger partial charge in [0.25, 0.3) is 0 Å². The Kier molecular flexibility index (Phi) is 4.67. The summed E-state index contributed by atoms with van der Waals surface area (Å²) in [7, 11) is 3.25. The lowest BCUT2D eigenvalue weighted by atomic mass is 9.94. The van der Waals surface area contributed by atoms with E-state index in [1.165, 1.54) is 11.6 Å². The van der Waals surface area contributed by atoms with Crippen molar-refractivity contribution in [1.82, 2.24) is 5.32 Å². The second-order valence-corrected chi connectivity index (χ2v) is 5.40. The molecule has 1 aliphatic heterocycles. The number of para-hydroxylation sites is 1. The summed E-state index contributed by atoms with van der Waals surface area (Å²) in [5.74, 6) is 1.32. The van der Waals surface area contributed by atoms with Crippen LogP contribution in [0.1, 0.15) is 17.2 Å². The van der Waals surface area contributed by atoms with E-state index >= 15 is 0 Å². The molecule has 5 heteroatoms. The quantitative estimate of drug-likeness (QED) is 0.920. The van der Waals surface area contributed by atoms with Gasteiger partial charge in [-0.2, -0.15) is 0 Å². The van der Waals surface area contributed by atoms with Gasteiger partial charge in [-0.1, -0.05) is 12.1 Å². The Morgan fingerprint density at radius 3 is 2.57 bits per heavy atom. The maximum atomic E-state index is 13.7. The summed E-state index contributed by atoms with van der Waals surface area (Å²) in [5, 5.41) is 3.41. The summed E-state index contributed by atoms with van der Waals surface area (Å²) in [5.41, 5.74) is 2.30. The van der Waals surface area contributed by atoms with Gasteiger partial charge < -0.3 is 19.5 Å². The van der Waals surface area contributed by atoms with E-state index in [4.69, 9.17) is 14.2 Å². The third-order valence-corrected chi connectivity index (χ3v) is 4.05. The molecule has 2 aromatic carbocycles. The Bertz CT molecular complexity index is 690. The third-order valence-electron chi connectivity index (χ3n) is 4.05. The normalized spacial score (nSPS) is 16.6. The molecule has 0 spiro atoms. The first kappa shape index (κ1) is 15.6. The first-order valence-electron chi connectivity index (χ1n) is 7.58. The van der Waals surface area contributed by atoms with Gasteiger partial charge in [0, 0.05) is 0 Å². The van der Waals surface area contributed by atoms with E-state index in [-0.39, 0.29) is 17.6 Å². The Morgan fingerprint density at radius 1 is 1.09 bits per heavy atom. The van der Waals surface area contributed by atoms with E-state index in [2.05, 4.69) is 5.32 Å². The van der Waals surface area contributed by atoms with E-state index in [1.807, 2.05) is 12.1 Å². The number of rotatable bonds is 5. The first-order valence-corrected chi connectivity index (χ1v) is 7.58. The van der Waals surface area contributed by atoms with Crippen molar-refractivity contribution in [3.63, 3.8) is 0 Å². The minimum Gasteiger partial charge on any atom is -0.493 e. The molecular formula is C18H20FNO3. The van der Waals surface area contributed by atoms with Gasteiger partial charge in [-0.15, -0.1) is 0 Å². The summed E-state index contributed by atoms with van der Waals surface area (Å²) < 4.78 is 30.1. The number of nitrogens with one attached hydrogen (secondary N) is 1. The summed E-state index contributed by atoms with van der Waals surface area (Å²) in [4.78, 5) is 0. The number of ether oxygens (including phenoxy) is 3. The predicted molar refractivity (Wildman–Crippen MR) is 85.9 cm³/mol. The van der Waals surface area contributed by atoms with Gasteiger partial charge in [0.1, 0.15) is 6.61 Å². The molecule has 1 unspecified atom stereocenters. The van der Waals surface area contributed by atoms with Gasteiger partial charge in [-0.25, -0.2) is 4.39 Å². The zero-order valence-electron chi connectivity index (χ0n) is 13.3. The maximum absolute atomic E-state index is 13.7. The van der Waals surface area contributed by atoms with Gasteiger partial charge in [0.05, 0.1) is 20.3 Å². The lowest BCUT2D eigenvalue weighted by Gasteiger charge is -2.28. The van der Waals surface area contributed by atoms with Crippen molar-refractivity contribution in [1.29, 1.82) is 0 Å². The topological polar surface area (TPSA) is 39.7 Å². The molecule has 1 aliphatic rings. The molecule has 23 heavy (non-hydrogen) atoms. The SMILES string of the molecule is COc1cc2c(cc1OC)C(COc1ccccc1F)NCC2. The van der Waals surface area contributed by atoms with Crippen LogP contribution in [-0.4, -0.2) is 27.4 Å². The Hall–Kier alpha value is -2.27. The highest BCUT2D eigenvalue weighted by atomic mass is 19.1. The Labute approximate surface area is 135 Å². The number of halogens is 1. The van der Waals surface area contributed by atoms with Crippen molar-refractivity contribution in [2.24, 2.45) is 0 Å². The highest BCUT2D eigenvalue weighted by molar-refractivity contribution is 5.49. The third kappa shape index (κ3) is 3.24. The number of hydrogen-bond acceptors (Lipinski definition) is 4. The molecule has 0 saturated carbocycles. The minimum absolute atomic E-state index is 0.0156. The molecule has 3 rings (SSSR count). The molecule has 122 valence electrons. The zero-order valence-corrected chi connectivity index (χ0v) is 13.3. The van der Waals surface area contributed by atoms with E-state index < -0.39 is 0 Å². The van der Waals surface area contributed by atoms with Crippen molar-refractivity contribution in [2.75, 3.05) is 27.4 Å². The fourth-order valence-electron chi connectivity index (χ4n) is 2.85. The molecule has 0 bridgehead atoms. The number of benzene rings is 2. The van der Waals surface area contributed by atoms with Crippen molar-refractivity contribution in [3.05, 3.63) is 53.3 Å². The molecule has 2 aromatic rings. The van der Waals surface area contributed by atoms with Gasteiger partial charge >= 0.3 is 0 Å². The molecule has 1 heterocycles. The number of fused-ring (bicyclic) bond motifs is 1. The van der Waals surface area contributed by atoms with Crippen molar-refractivity contribution < 1.29 is 18.6 Å². The van der Waals surface area contributed by atoms with Gasteiger partial charge in [-0.3, -0.25) is 0 Å². The maximum Gasteiger partial charge on any atom is 0.165 e. The highest BCUT2D eigenvalue weighted by Gasteiger charge is 2.23. The van der Waals surface area contributed by atoms with Crippen LogP contribution in [0.15, 0.2) is 36.4 Å². The minimum atomic E-state index is -0.351. The highest BCUT2D eigenvalue weighted by Crippen LogP contribution is 2.35. The Morgan fingerprint density at radius 2 is 1.83 bits per heavy atom. The largest absolute Gasteiger partial charge is 0.493 e. The fraction of sp³-hybridized carbons (Fsp3) is 0.333. The summed E-state index contributed by atoms with van der Waals surface area (Å²) in [6.45, 7) is 1.19. The average molecular weight is 317 g/mol. The molecule has 0 aromatic heterocycles. The molecule has 4 nitrogen and oxygen atoms in total. The van der Waals surface area contributed by atoms with Crippen molar-refractivity contribution in [2.45, 2.75) is 12.5 Å². The molecule has 0 fully saturated rings. The standard InChI is InChI=1S/C18H20FNO3/c1-21-17-9-12-7-8-20-15(13(12)10-18(17)22-2)11-23-16-6-4-3-5-14(16)19/h3-6,9-10,15,20H,7-8,11H2,1-2H3. The molecule has 0 amide bonds. The van der Waals surface area contributed by atoms with E-state index in [1.54, 1.807) is 32.4 Å². The molecular weight excluding hydrogens is 297 g/mol.